The van der Waals surface area contributed by atoms with E-state index in [1.165, 1.54) is 11.8 Å². The van der Waals surface area contributed by atoms with Crippen molar-refractivity contribution in [3.05, 3.63) is 126 Å². The Hall–Kier alpha value is -4.29. The maximum atomic E-state index is 13.5. The molecule has 5 nitrogen and oxygen atoms in total. The number of carbonyl (C=O) groups excluding carboxylic acids is 2. The molecule has 0 bridgehead atoms. The van der Waals surface area contributed by atoms with Gasteiger partial charge in [0.05, 0.1) is 0 Å². The first-order valence-corrected chi connectivity index (χ1v) is 12.5. The van der Waals surface area contributed by atoms with Crippen LogP contribution in [0.2, 0.25) is 0 Å². The number of rotatable bonds is 7. The van der Waals surface area contributed by atoms with Gasteiger partial charge in [0.25, 0.3) is 5.91 Å². The Balaban J connectivity index is 1.37. The fourth-order valence-corrected chi connectivity index (χ4v) is 5.13. The van der Waals surface area contributed by atoms with Gasteiger partial charge in [0.1, 0.15) is 5.25 Å². The van der Waals surface area contributed by atoms with E-state index in [9.17, 15) is 9.59 Å². The molecule has 178 valence electrons. The van der Waals surface area contributed by atoms with Crippen molar-refractivity contribution in [2.24, 2.45) is 0 Å². The second-order valence-electron chi connectivity index (χ2n) is 8.47. The first kappa shape index (κ1) is 23.5. The molecule has 1 unspecified atom stereocenters. The topological polar surface area (TPSA) is 74.0 Å². The van der Waals surface area contributed by atoms with Crippen LogP contribution in [0.3, 0.4) is 0 Å². The Bertz CT molecular complexity index is 1530. The summed E-state index contributed by atoms with van der Waals surface area (Å²) in [6.07, 6.45) is 1.88. The highest BCUT2D eigenvalue weighted by molar-refractivity contribution is 8.00. The van der Waals surface area contributed by atoms with E-state index in [1.54, 1.807) is 0 Å². The summed E-state index contributed by atoms with van der Waals surface area (Å²) >= 11 is 1.44. The largest absolute Gasteiger partial charge is 0.361 e. The molecule has 36 heavy (non-hydrogen) atoms. The van der Waals surface area contributed by atoms with Gasteiger partial charge in [-0.3, -0.25) is 9.59 Å². The normalized spacial score (nSPS) is 11.7. The van der Waals surface area contributed by atoms with Crippen molar-refractivity contribution in [3.63, 3.8) is 0 Å². The minimum atomic E-state index is -0.479. The number of aryl methyl sites for hydroxylation is 1. The minimum absolute atomic E-state index is 0.119. The van der Waals surface area contributed by atoms with Gasteiger partial charge in [-0.25, -0.2) is 0 Å². The van der Waals surface area contributed by atoms with Gasteiger partial charge in [-0.1, -0.05) is 60.7 Å². The van der Waals surface area contributed by atoms with E-state index in [-0.39, 0.29) is 11.8 Å². The summed E-state index contributed by atoms with van der Waals surface area (Å²) in [6.45, 7) is 1.91. The lowest BCUT2D eigenvalue weighted by Gasteiger charge is -2.18. The Morgan fingerprint density at radius 1 is 0.778 bits per heavy atom. The zero-order valence-electron chi connectivity index (χ0n) is 19.7. The van der Waals surface area contributed by atoms with Crippen molar-refractivity contribution in [2.75, 3.05) is 10.6 Å². The Kier molecular flexibility index (Phi) is 6.87. The summed E-state index contributed by atoms with van der Waals surface area (Å²) in [6, 6.07) is 32.6. The van der Waals surface area contributed by atoms with E-state index < -0.39 is 5.25 Å². The predicted molar refractivity (Wildman–Crippen MR) is 148 cm³/mol. The molecule has 0 saturated heterocycles. The van der Waals surface area contributed by atoms with Crippen LogP contribution in [0.25, 0.3) is 10.9 Å². The molecule has 6 heteroatoms. The van der Waals surface area contributed by atoms with Gasteiger partial charge in [-0.2, -0.15) is 0 Å². The molecule has 0 fully saturated rings. The highest BCUT2D eigenvalue weighted by atomic mass is 32.2. The molecule has 4 aromatic carbocycles. The second kappa shape index (κ2) is 10.5. The van der Waals surface area contributed by atoms with Gasteiger partial charge in [-0.05, 0) is 65.9 Å². The Morgan fingerprint density at radius 2 is 1.56 bits per heavy atom. The molecular formula is C30H25N3O2S. The lowest BCUT2D eigenvalue weighted by molar-refractivity contribution is -0.115. The summed E-state index contributed by atoms with van der Waals surface area (Å²) in [4.78, 5) is 30.3. The first-order chi connectivity index (χ1) is 17.6. The maximum absolute atomic E-state index is 13.5. The lowest BCUT2D eigenvalue weighted by Crippen LogP contribution is -2.19. The van der Waals surface area contributed by atoms with Gasteiger partial charge >= 0.3 is 0 Å². The van der Waals surface area contributed by atoms with Crippen LogP contribution < -0.4 is 10.6 Å². The van der Waals surface area contributed by atoms with Crippen LogP contribution in [-0.2, 0) is 4.79 Å². The van der Waals surface area contributed by atoms with E-state index in [4.69, 9.17) is 0 Å². The predicted octanol–water partition coefficient (Wildman–Crippen LogP) is 7.20. The lowest BCUT2D eigenvalue weighted by atomic mass is 10.1. The number of H-pyrrole nitrogens is 1. The Labute approximate surface area is 213 Å². The molecule has 0 saturated carbocycles. The number of aromatic nitrogens is 1. The van der Waals surface area contributed by atoms with Crippen molar-refractivity contribution < 1.29 is 9.59 Å². The van der Waals surface area contributed by atoms with Crippen molar-refractivity contribution in [1.29, 1.82) is 0 Å². The molecule has 5 aromatic rings. The van der Waals surface area contributed by atoms with Crippen LogP contribution in [0.4, 0.5) is 11.4 Å². The molecule has 2 amide bonds. The van der Waals surface area contributed by atoms with Crippen LogP contribution in [0, 0.1) is 6.92 Å². The number of amides is 2. The van der Waals surface area contributed by atoms with Crippen molar-refractivity contribution >= 4 is 45.9 Å². The van der Waals surface area contributed by atoms with E-state index in [0.717, 1.165) is 32.6 Å². The smallest absolute Gasteiger partial charge is 0.255 e. The second-order valence-corrected chi connectivity index (χ2v) is 9.65. The number of aromatic amines is 1. The first-order valence-electron chi connectivity index (χ1n) is 11.6. The third-order valence-electron chi connectivity index (χ3n) is 5.90. The van der Waals surface area contributed by atoms with Gasteiger partial charge in [0.2, 0.25) is 5.91 Å². The van der Waals surface area contributed by atoms with E-state index in [1.807, 2.05) is 116 Å². The van der Waals surface area contributed by atoms with Gasteiger partial charge < -0.3 is 15.6 Å². The van der Waals surface area contributed by atoms with Crippen molar-refractivity contribution in [1.82, 2.24) is 4.98 Å². The molecule has 0 spiro atoms. The molecule has 0 aliphatic carbocycles. The summed E-state index contributed by atoms with van der Waals surface area (Å²) in [5.41, 5.74) is 4.83. The van der Waals surface area contributed by atoms with Crippen LogP contribution >= 0.6 is 11.8 Å². The molecular weight excluding hydrogens is 466 g/mol. The third-order valence-corrected chi connectivity index (χ3v) is 7.15. The molecule has 0 radical (unpaired) electrons. The maximum Gasteiger partial charge on any atom is 0.255 e. The minimum Gasteiger partial charge on any atom is -0.361 e. The number of benzene rings is 4. The van der Waals surface area contributed by atoms with Crippen molar-refractivity contribution in [3.8, 4) is 0 Å². The average Bonchev–Trinajstić information content (AvgIpc) is 3.36. The number of hydrogen-bond donors (Lipinski definition) is 3. The van der Waals surface area contributed by atoms with Gasteiger partial charge in [0.15, 0.2) is 0 Å². The molecule has 1 heterocycles. The number of thioether (sulfide) groups is 1. The fraction of sp³-hybridized carbons (Fsp3) is 0.0667. The summed E-state index contributed by atoms with van der Waals surface area (Å²) in [7, 11) is 0. The number of carbonyl (C=O) groups is 2. The summed E-state index contributed by atoms with van der Waals surface area (Å²) in [5, 5.41) is 6.66. The summed E-state index contributed by atoms with van der Waals surface area (Å²) < 4.78 is 0. The number of hydrogen-bond acceptors (Lipinski definition) is 3. The Morgan fingerprint density at radius 3 is 2.39 bits per heavy atom. The van der Waals surface area contributed by atoms with Crippen molar-refractivity contribution in [2.45, 2.75) is 17.1 Å². The zero-order chi connectivity index (χ0) is 24.9. The summed E-state index contributed by atoms with van der Waals surface area (Å²) in [5.74, 6) is -0.279. The van der Waals surface area contributed by atoms with E-state index in [2.05, 4.69) is 15.6 Å². The van der Waals surface area contributed by atoms with E-state index >= 15 is 0 Å². The fourth-order valence-electron chi connectivity index (χ4n) is 4.04. The number of nitrogens with one attached hydrogen (secondary N) is 3. The van der Waals surface area contributed by atoms with Gasteiger partial charge in [0, 0.05) is 33.5 Å². The zero-order valence-corrected chi connectivity index (χ0v) is 20.5. The van der Waals surface area contributed by atoms with Crippen LogP contribution in [0.5, 0.6) is 0 Å². The quantitative estimate of drug-likeness (QED) is 0.211. The van der Waals surface area contributed by atoms with E-state index in [0.29, 0.717) is 11.3 Å². The van der Waals surface area contributed by atoms with Crippen LogP contribution in [0.15, 0.2) is 114 Å². The van der Waals surface area contributed by atoms with Gasteiger partial charge in [-0.15, -0.1) is 11.8 Å². The molecule has 1 aromatic heterocycles. The molecule has 0 aliphatic heterocycles. The van der Waals surface area contributed by atoms with Crippen LogP contribution in [-0.4, -0.2) is 16.8 Å². The highest BCUT2D eigenvalue weighted by Crippen LogP contribution is 2.37. The number of anilines is 2. The highest BCUT2D eigenvalue weighted by Gasteiger charge is 2.22. The number of fused-ring (bicyclic) bond motifs is 1. The third kappa shape index (κ3) is 5.34. The average molecular weight is 492 g/mol. The van der Waals surface area contributed by atoms with Crippen LogP contribution in [0.1, 0.15) is 26.7 Å². The monoisotopic (exact) mass is 491 g/mol. The standard InChI is InChI=1S/C30H25N3O2S/c1-20-8-5-6-13-26(20)29(34)32-23-11-7-12-25(18-23)36-28(22-9-3-2-4-10-22)30(35)33-24-15-14-21-16-17-31-27(21)19-24/h2-19,28,31H,1H3,(H,32,34)(H,33,35). The molecule has 3 N–H and O–H groups in total. The molecule has 0 aliphatic rings. The SMILES string of the molecule is Cc1ccccc1C(=O)Nc1cccc(SC(C(=O)Nc2ccc3cc[nH]c3c2)c2ccccc2)c1. The molecule has 5 rings (SSSR count). The molecule has 1 atom stereocenters.